The van der Waals surface area contributed by atoms with E-state index in [0.29, 0.717) is 11.5 Å². The Kier molecular flexibility index (Phi) is 3.88. The number of hydrogen-bond donors (Lipinski definition) is 1. The Labute approximate surface area is 128 Å². The van der Waals surface area contributed by atoms with Gasteiger partial charge in [0, 0.05) is 6.04 Å². The van der Waals surface area contributed by atoms with Crippen LogP contribution >= 0.6 is 0 Å². The molecule has 22 heavy (non-hydrogen) atoms. The van der Waals surface area contributed by atoms with Gasteiger partial charge in [-0.3, -0.25) is 4.79 Å². The third-order valence-electron chi connectivity index (χ3n) is 3.98. The smallest absolute Gasteiger partial charge is 0.332 e. The van der Waals surface area contributed by atoms with E-state index in [1.807, 2.05) is 0 Å². The van der Waals surface area contributed by atoms with Crippen LogP contribution in [0.15, 0.2) is 35.2 Å². The summed E-state index contributed by atoms with van der Waals surface area (Å²) in [5.74, 6) is -1.01. The maximum Gasteiger partial charge on any atom is 0.350 e. The maximum atomic E-state index is 12.4. The van der Waals surface area contributed by atoms with Gasteiger partial charge in [-0.1, -0.05) is 31.0 Å². The minimum Gasteiger partial charge on any atom is -0.332 e. The molecule has 1 aromatic rings. The van der Waals surface area contributed by atoms with Crippen molar-refractivity contribution >= 4 is 22.1 Å². The predicted octanol–water partition coefficient (Wildman–Crippen LogP) is 1.42. The molecule has 0 bridgehead atoms. The standard InChI is InChI=1S/C14H16N2O5S/c17-13-11-8-4-5-9-12(11)15-14(18)16(13)21-22(19,20)10-6-2-1-3-7-10/h1-3,6-7,11-12H,4-5,8-9H2,(H,15,18)/t11-,12-/m1/s1. The maximum absolute atomic E-state index is 12.4. The third kappa shape index (κ3) is 2.71. The van der Waals surface area contributed by atoms with Gasteiger partial charge in [0.2, 0.25) is 0 Å². The summed E-state index contributed by atoms with van der Waals surface area (Å²) in [5, 5.41) is 2.99. The largest absolute Gasteiger partial charge is 0.350 e. The fraction of sp³-hybridized carbons (Fsp3) is 0.429. The molecule has 1 heterocycles. The predicted molar refractivity (Wildman–Crippen MR) is 75.8 cm³/mol. The first-order valence-electron chi connectivity index (χ1n) is 7.13. The molecule has 2 atom stereocenters. The van der Waals surface area contributed by atoms with Crippen molar-refractivity contribution in [3.8, 4) is 0 Å². The van der Waals surface area contributed by atoms with E-state index in [0.717, 1.165) is 19.3 Å². The molecule has 0 radical (unpaired) electrons. The van der Waals surface area contributed by atoms with Gasteiger partial charge in [0.15, 0.2) is 0 Å². The van der Waals surface area contributed by atoms with Crippen LogP contribution in [-0.4, -0.2) is 31.5 Å². The zero-order valence-corrected chi connectivity index (χ0v) is 12.6. The third-order valence-corrected chi connectivity index (χ3v) is 5.18. The van der Waals surface area contributed by atoms with Crippen LogP contribution in [0, 0.1) is 5.92 Å². The van der Waals surface area contributed by atoms with Gasteiger partial charge in [-0.25, -0.2) is 4.79 Å². The van der Waals surface area contributed by atoms with Gasteiger partial charge in [-0.15, -0.1) is 9.35 Å². The fourth-order valence-corrected chi connectivity index (χ4v) is 3.78. The number of benzene rings is 1. The Balaban J connectivity index is 1.82. The zero-order valence-electron chi connectivity index (χ0n) is 11.8. The Bertz CT molecular complexity index is 688. The van der Waals surface area contributed by atoms with Gasteiger partial charge in [-0.2, -0.15) is 8.42 Å². The van der Waals surface area contributed by atoms with Gasteiger partial charge in [0.25, 0.3) is 5.91 Å². The molecular weight excluding hydrogens is 308 g/mol. The molecular formula is C14H16N2O5S. The average molecular weight is 324 g/mol. The molecule has 118 valence electrons. The summed E-state index contributed by atoms with van der Waals surface area (Å²) in [6, 6.07) is 6.35. The van der Waals surface area contributed by atoms with E-state index in [1.54, 1.807) is 6.07 Å². The van der Waals surface area contributed by atoms with Gasteiger partial charge in [-0.05, 0) is 25.0 Å². The number of urea groups is 1. The van der Waals surface area contributed by atoms with Crippen molar-refractivity contribution in [2.24, 2.45) is 5.92 Å². The number of nitrogens with zero attached hydrogens (tertiary/aromatic N) is 1. The van der Waals surface area contributed by atoms with Crippen LogP contribution in [-0.2, 0) is 19.2 Å². The summed E-state index contributed by atoms with van der Waals surface area (Å²) in [5.41, 5.74) is 0. The lowest BCUT2D eigenvalue weighted by atomic mass is 9.83. The molecule has 3 amide bonds. The summed E-state index contributed by atoms with van der Waals surface area (Å²) in [4.78, 5) is 24.2. The Morgan fingerprint density at radius 1 is 1.09 bits per heavy atom. The number of amides is 3. The van der Waals surface area contributed by atoms with Crippen LogP contribution in [0.2, 0.25) is 0 Å². The summed E-state index contributed by atoms with van der Waals surface area (Å²) in [7, 11) is -4.22. The average Bonchev–Trinajstić information content (AvgIpc) is 2.52. The van der Waals surface area contributed by atoms with E-state index in [4.69, 9.17) is 4.28 Å². The molecule has 3 rings (SSSR count). The Morgan fingerprint density at radius 2 is 1.77 bits per heavy atom. The molecule has 1 N–H and O–H groups in total. The molecule has 0 aromatic heterocycles. The molecule has 1 aliphatic carbocycles. The fourth-order valence-electron chi connectivity index (χ4n) is 2.87. The van der Waals surface area contributed by atoms with Crippen LogP contribution in [0.4, 0.5) is 4.79 Å². The molecule has 8 heteroatoms. The highest BCUT2D eigenvalue weighted by Gasteiger charge is 2.44. The van der Waals surface area contributed by atoms with E-state index in [9.17, 15) is 18.0 Å². The monoisotopic (exact) mass is 324 g/mol. The second kappa shape index (κ2) is 5.69. The quantitative estimate of drug-likeness (QED) is 0.907. The second-order valence-corrected chi connectivity index (χ2v) is 6.95. The van der Waals surface area contributed by atoms with Gasteiger partial charge in [0.1, 0.15) is 0 Å². The SMILES string of the molecule is O=C1N[C@@H]2CCCC[C@H]2C(=O)N1OS(=O)(=O)c1ccccc1. The van der Waals surface area contributed by atoms with Crippen molar-refractivity contribution in [1.82, 2.24) is 10.4 Å². The van der Waals surface area contributed by atoms with Crippen LogP contribution < -0.4 is 5.32 Å². The van der Waals surface area contributed by atoms with Crippen molar-refractivity contribution in [3.05, 3.63) is 30.3 Å². The van der Waals surface area contributed by atoms with Crippen LogP contribution in [0.5, 0.6) is 0 Å². The molecule has 1 saturated carbocycles. The molecule has 7 nitrogen and oxygen atoms in total. The molecule has 1 aromatic carbocycles. The first kappa shape index (κ1) is 15.0. The highest BCUT2D eigenvalue weighted by molar-refractivity contribution is 7.86. The number of imide groups is 1. The molecule has 0 spiro atoms. The van der Waals surface area contributed by atoms with Gasteiger partial charge in [0.05, 0.1) is 10.8 Å². The lowest BCUT2D eigenvalue weighted by Crippen LogP contribution is -2.60. The lowest BCUT2D eigenvalue weighted by Gasteiger charge is -2.38. The number of nitrogens with one attached hydrogen (secondary N) is 1. The summed E-state index contributed by atoms with van der Waals surface area (Å²) in [6.07, 6.45) is 3.16. The number of rotatable bonds is 3. The highest BCUT2D eigenvalue weighted by Crippen LogP contribution is 2.30. The van der Waals surface area contributed by atoms with Crippen LogP contribution in [0.3, 0.4) is 0 Å². The van der Waals surface area contributed by atoms with E-state index in [2.05, 4.69) is 5.32 Å². The van der Waals surface area contributed by atoms with Crippen LogP contribution in [0.25, 0.3) is 0 Å². The minimum atomic E-state index is -4.22. The van der Waals surface area contributed by atoms with E-state index >= 15 is 0 Å². The topological polar surface area (TPSA) is 92.8 Å². The number of fused-ring (bicyclic) bond motifs is 1. The van der Waals surface area contributed by atoms with E-state index in [1.165, 1.54) is 24.3 Å². The minimum absolute atomic E-state index is 0.110. The lowest BCUT2D eigenvalue weighted by molar-refractivity contribution is -0.157. The summed E-state index contributed by atoms with van der Waals surface area (Å²) < 4.78 is 29.1. The highest BCUT2D eigenvalue weighted by atomic mass is 32.2. The van der Waals surface area contributed by atoms with Crippen molar-refractivity contribution in [1.29, 1.82) is 0 Å². The van der Waals surface area contributed by atoms with Gasteiger partial charge < -0.3 is 5.32 Å². The summed E-state index contributed by atoms with van der Waals surface area (Å²) in [6.45, 7) is 0. The van der Waals surface area contributed by atoms with Crippen molar-refractivity contribution < 1.29 is 22.3 Å². The van der Waals surface area contributed by atoms with Crippen molar-refractivity contribution in [2.45, 2.75) is 36.6 Å². The molecule has 1 aliphatic heterocycles. The molecule has 2 fully saturated rings. The van der Waals surface area contributed by atoms with Crippen LogP contribution in [0.1, 0.15) is 25.7 Å². The number of carbonyl (C=O) groups is 2. The normalized spacial score (nSPS) is 25.5. The van der Waals surface area contributed by atoms with Crippen molar-refractivity contribution in [3.63, 3.8) is 0 Å². The Hall–Kier alpha value is -1.93. The number of carbonyl (C=O) groups excluding carboxylic acids is 2. The first-order valence-corrected chi connectivity index (χ1v) is 8.54. The Morgan fingerprint density at radius 3 is 2.50 bits per heavy atom. The molecule has 1 saturated heterocycles. The van der Waals surface area contributed by atoms with Gasteiger partial charge >= 0.3 is 16.1 Å². The van der Waals surface area contributed by atoms with E-state index in [-0.39, 0.29) is 10.9 Å². The summed E-state index contributed by atoms with van der Waals surface area (Å²) >= 11 is 0. The number of hydrogen-bond acceptors (Lipinski definition) is 5. The molecule has 2 aliphatic rings. The second-order valence-electron chi connectivity index (χ2n) is 5.42. The first-order chi connectivity index (χ1) is 10.5. The zero-order chi connectivity index (χ0) is 15.7. The van der Waals surface area contributed by atoms with E-state index < -0.39 is 28.0 Å². The van der Waals surface area contributed by atoms with Crippen molar-refractivity contribution in [2.75, 3.05) is 0 Å². The molecule has 0 unspecified atom stereocenters. The number of hydroxylamine groups is 2.